The largest absolute Gasteiger partial charge is 0.373 e. The summed E-state index contributed by atoms with van der Waals surface area (Å²) in [6, 6.07) is 0.0434. The van der Waals surface area contributed by atoms with Crippen molar-refractivity contribution in [1.82, 2.24) is 0 Å². The van der Waals surface area contributed by atoms with Crippen molar-refractivity contribution in [3.05, 3.63) is 0 Å². The first kappa shape index (κ1) is 6.93. The number of hydrogen-bond acceptors (Lipinski definition) is 3. The summed E-state index contributed by atoms with van der Waals surface area (Å²) in [5, 5.41) is 0.739. The average Bonchev–Trinajstić information content (AvgIpc) is 1.82. The molecule has 0 aromatic rings. The molecule has 0 bridgehead atoms. The van der Waals surface area contributed by atoms with E-state index in [9.17, 15) is 4.79 Å². The molecule has 0 amide bonds. The van der Waals surface area contributed by atoms with E-state index in [1.807, 2.05) is 0 Å². The van der Waals surface area contributed by atoms with Crippen LogP contribution in [0.4, 0.5) is 0 Å². The van der Waals surface area contributed by atoms with Crippen LogP contribution < -0.4 is 0 Å². The summed E-state index contributed by atoms with van der Waals surface area (Å²) < 4.78 is 5.03. The number of rotatable bonds is 2. The van der Waals surface area contributed by atoms with Crippen LogP contribution in [0.2, 0.25) is 0 Å². The average molecular weight is 192 g/mol. The van der Waals surface area contributed by atoms with Crippen LogP contribution in [-0.2, 0) is 9.53 Å². The molecule has 0 aromatic carbocycles. The Labute approximate surface area is 61.2 Å². The number of carbonyl (C=O) groups excluding carboxylic acids is 1. The molecule has 4 heteroatoms. The van der Waals surface area contributed by atoms with Gasteiger partial charge < -0.3 is 4.74 Å². The summed E-state index contributed by atoms with van der Waals surface area (Å²) in [6.45, 7) is 0.561. The van der Waals surface area contributed by atoms with Gasteiger partial charge in [0.05, 0.1) is 12.7 Å². The van der Waals surface area contributed by atoms with E-state index in [-0.39, 0.29) is 12.1 Å². The van der Waals surface area contributed by atoms with Gasteiger partial charge in [-0.1, -0.05) is 15.9 Å². The number of aliphatic imine (C=N–C) groups is 1. The second kappa shape index (κ2) is 3.11. The van der Waals surface area contributed by atoms with Gasteiger partial charge in [-0.05, 0) is 0 Å². The second-order valence-corrected chi connectivity index (χ2v) is 2.46. The number of nitrogens with zero attached hydrogens (tertiary/aromatic N) is 1. The molecule has 1 aliphatic heterocycles. The third-order valence-electron chi connectivity index (χ3n) is 1.28. The van der Waals surface area contributed by atoms with E-state index < -0.39 is 0 Å². The van der Waals surface area contributed by atoms with Crippen LogP contribution in [-0.4, -0.2) is 30.2 Å². The van der Waals surface area contributed by atoms with Gasteiger partial charge in [0.25, 0.3) is 0 Å². The van der Waals surface area contributed by atoms with Gasteiger partial charge in [0.15, 0.2) is 0 Å². The highest BCUT2D eigenvalue weighted by molar-refractivity contribution is 9.09. The predicted molar refractivity (Wildman–Crippen MR) is 35.4 cm³/mol. The Bertz CT molecular complexity index is 142. The molecule has 0 saturated carbocycles. The molecule has 1 rings (SSSR count). The molecule has 0 radical (unpaired) electrons. The van der Waals surface area contributed by atoms with Gasteiger partial charge >= 0.3 is 0 Å². The van der Waals surface area contributed by atoms with Gasteiger partial charge in [0, 0.05) is 5.33 Å². The van der Waals surface area contributed by atoms with Crippen molar-refractivity contribution in [2.75, 3.05) is 11.9 Å². The molecular weight excluding hydrogens is 186 g/mol. The number of halogens is 1. The topological polar surface area (TPSA) is 38.7 Å². The van der Waals surface area contributed by atoms with E-state index in [1.165, 1.54) is 6.08 Å². The molecule has 1 aliphatic rings. The first-order valence-corrected chi connectivity index (χ1v) is 3.75. The van der Waals surface area contributed by atoms with Gasteiger partial charge in [0.1, 0.15) is 6.04 Å². The lowest BCUT2D eigenvalue weighted by Crippen LogP contribution is -2.44. The highest BCUT2D eigenvalue weighted by Crippen LogP contribution is 2.17. The number of hydrogen-bond donors (Lipinski definition) is 0. The number of isocyanates is 1. The normalized spacial score (nSPS) is 32.6. The second-order valence-electron chi connectivity index (χ2n) is 1.81. The van der Waals surface area contributed by atoms with E-state index in [0.717, 1.165) is 5.33 Å². The van der Waals surface area contributed by atoms with Crippen LogP contribution in [0.15, 0.2) is 4.99 Å². The van der Waals surface area contributed by atoms with E-state index in [0.29, 0.717) is 6.61 Å². The van der Waals surface area contributed by atoms with Crippen molar-refractivity contribution in [3.63, 3.8) is 0 Å². The molecule has 2 atom stereocenters. The first-order chi connectivity index (χ1) is 4.38. The Hall–Kier alpha value is -0.180. The lowest BCUT2D eigenvalue weighted by molar-refractivity contribution is -0.0552. The fourth-order valence-corrected chi connectivity index (χ4v) is 1.27. The molecule has 2 unspecified atom stereocenters. The molecule has 0 aromatic heterocycles. The maximum absolute atomic E-state index is 9.71. The lowest BCUT2D eigenvalue weighted by Gasteiger charge is -2.30. The SMILES string of the molecule is O=C=NC1COC1CBr. The van der Waals surface area contributed by atoms with E-state index in [4.69, 9.17) is 4.74 Å². The van der Waals surface area contributed by atoms with Crippen molar-refractivity contribution in [1.29, 1.82) is 0 Å². The zero-order valence-corrected chi connectivity index (χ0v) is 6.30. The zero-order valence-electron chi connectivity index (χ0n) is 4.71. The zero-order chi connectivity index (χ0) is 6.69. The lowest BCUT2D eigenvalue weighted by atomic mass is 10.1. The Balaban J connectivity index is 2.35. The predicted octanol–water partition coefficient (Wildman–Crippen LogP) is 0.485. The molecule has 1 fully saturated rings. The minimum atomic E-state index is 0.0434. The molecule has 0 spiro atoms. The summed E-state index contributed by atoms with van der Waals surface area (Å²) in [6.07, 6.45) is 1.60. The Morgan fingerprint density at radius 2 is 2.67 bits per heavy atom. The first-order valence-electron chi connectivity index (χ1n) is 2.63. The molecule has 50 valence electrons. The number of alkyl halides is 1. The van der Waals surface area contributed by atoms with E-state index >= 15 is 0 Å². The summed E-state index contributed by atoms with van der Waals surface area (Å²) in [7, 11) is 0. The van der Waals surface area contributed by atoms with Crippen LogP contribution in [0.3, 0.4) is 0 Å². The minimum Gasteiger partial charge on any atom is -0.373 e. The molecule has 1 heterocycles. The highest BCUT2D eigenvalue weighted by Gasteiger charge is 2.30. The van der Waals surface area contributed by atoms with Gasteiger partial charge in [-0.3, -0.25) is 0 Å². The highest BCUT2D eigenvalue weighted by atomic mass is 79.9. The fraction of sp³-hybridized carbons (Fsp3) is 0.800. The smallest absolute Gasteiger partial charge is 0.235 e. The van der Waals surface area contributed by atoms with Crippen LogP contribution in [0.25, 0.3) is 0 Å². The van der Waals surface area contributed by atoms with E-state index in [2.05, 4.69) is 20.9 Å². The van der Waals surface area contributed by atoms with Crippen molar-refractivity contribution < 1.29 is 9.53 Å². The fourth-order valence-electron chi connectivity index (χ4n) is 0.654. The number of ether oxygens (including phenoxy) is 1. The quantitative estimate of drug-likeness (QED) is 0.362. The van der Waals surface area contributed by atoms with Gasteiger partial charge in [0.2, 0.25) is 6.08 Å². The molecular formula is C5H6BrNO2. The van der Waals surface area contributed by atoms with Crippen molar-refractivity contribution in [2.45, 2.75) is 12.1 Å². The maximum Gasteiger partial charge on any atom is 0.235 e. The Morgan fingerprint density at radius 1 is 1.89 bits per heavy atom. The van der Waals surface area contributed by atoms with Crippen LogP contribution in [0.1, 0.15) is 0 Å². The summed E-state index contributed by atoms with van der Waals surface area (Å²) in [4.78, 5) is 13.2. The maximum atomic E-state index is 9.71. The molecule has 0 N–H and O–H groups in total. The molecule has 1 saturated heterocycles. The summed E-state index contributed by atoms with van der Waals surface area (Å²) in [5.41, 5.74) is 0. The monoisotopic (exact) mass is 191 g/mol. The summed E-state index contributed by atoms with van der Waals surface area (Å²) in [5.74, 6) is 0. The Kier molecular flexibility index (Phi) is 2.39. The standard InChI is InChI=1S/C5H6BrNO2/c6-1-5-4(2-9-5)7-3-8/h4-5H,1-2H2. The van der Waals surface area contributed by atoms with Crippen LogP contribution in [0, 0.1) is 0 Å². The van der Waals surface area contributed by atoms with E-state index in [1.54, 1.807) is 0 Å². The van der Waals surface area contributed by atoms with Crippen LogP contribution in [0.5, 0.6) is 0 Å². The molecule has 3 nitrogen and oxygen atoms in total. The third-order valence-corrected chi connectivity index (χ3v) is 1.92. The molecule has 9 heavy (non-hydrogen) atoms. The Morgan fingerprint density at radius 3 is 3.00 bits per heavy atom. The third kappa shape index (κ3) is 1.39. The van der Waals surface area contributed by atoms with Gasteiger partial charge in [-0.2, -0.15) is 4.99 Å². The van der Waals surface area contributed by atoms with Crippen LogP contribution >= 0.6 is 15.9 Å². The van der Waals surface area contributed by atoms with Gasteiger partial charge in [-0.15, -0.1) is 0 Å². The van der Waals surface area contributed by atoms with Crippen molar-refractivity contribution in [2.24, 2.45) is 4.99 Å². The molecule has 0 aliphatic carbocycles. The van der Waals surface area contributed by atoms with Crippen molar-refractivity contribution >= 4 is 22.0 Å². The van der Waals surface area contributed by atoms with Gasteiger partial charge in [-0.25, -0.2) is 4.79 Å². The van der Waals surface area contributed by atoms with Crippen molar-refractivity contribution in [3.8, 4) is 0 Å². The minimum absolute atomic E-state index is 0.0434. The summed E-state index contributed by atoms with van der Waals surface area (Å²) >= 11 is 3.22.